The fourth-order valence-electron chi connectivity index (χ4n) is 3.22. The van der Waals surface area contributed by atoms with E-state index in [1.165, 1.54) is 17.0 Å². The third-order valence-electron chi connectivity index (χ3n) is 4.34. The monoisotopic (exact) mass is 320 g/mol. The zero-order valence-electron chi connectivity index (χ0n) is 12.5. The van der Waals surface area contributed by atoms with Crippen LogP contribution in [0.15, 0.2) is 54.6 Å². The maximum atomic E-state index is 12.8. The number of carbonyl (C=O) groups is 2. The molecule has 1 aliphatic carbocycles. The zero-order valence-corrected chi connectivity index (χ0v) is 12.5. The van der Waals surface area contributed by atoms with Crippen LogP contribution in [0.4, 0.5) is 5.69 Å². The van der Waals surface area contributed by atoms with Crippen molar-refractivity contribution in [2.24, 2.45) is 5.92 Å². The first-order valence-electron chi connectivity index (χ1n) is 7.48. The van der Waals surface area contributed by atoms with E-state index < -0.39 is 10.8 Å². The lowest BCUT2D eigenvalue weighted by atomic mass is 9.93. The molecule has 0 aromatic heterocycles. The van der Waals surface area contributed by atoms with E-state index >= 15 is 0 Å². The number of benzene rings is 2. The Kier molecular flexibility index (Phi) is 3.06. The summed E-state index contributed by atoms with van der Waals surface area (Å²) in [5.41, 5.74) is 0.460. The number of nitro groups is 1. The van der Waals surface area contributed by atoms with Crippen molar-refractivity contribution in [3.8, 4) is 0 Å². The van der Waals surface area contributed by atoms with Gasteiger partial charge in [0.1, 0.15) is 0 Å². The molecule has 0 saturated carbocycles. The van der Waals surface area contributed by atoms with Crippen LogP contribution in [-0.2, 0) is 0 Å². The molecule has 6 heteroatoms. The first-order chi connectivity index (χ1) is 11.6. The highest BCUT2D eigenvalue weighted by Crippen LogP contribution is 2.34. The standard InChI is InChI=1S/C18H12N2O4/c21-17-14-7-3-6-12-8-13(20(23)24)9-15(16(12)14)18(22)19(17)10-11-4-1-2-5-11/h1-9,11H,10H2. The fourth-order valence-corrected chi connectivity index (χ4v) is 3.22. The number of carbonyl (C=O) groups excluding carboxylic acids is 2. The summed E-state index contributed by atoms with van der Waals surface area (Å²) in [6.07, 6.45) is 7.54. The molecule has 0 unspecified atom stereocenters. The third kappa shape index (κ3) is 2.04. The van der Waals surface area contributed by atoms with Crippen molar-refractivity contribution in [3.63, 3.8) is 0 Å². The molecular weight excluding hydrogens is 308 g/mol. The van der Waals surface area contributed by atoms with Gasteiger partial charge in [-0.2, -0.15) is 0 Å². The molecule has 0 bridgehead atoms. The van der Waals surface area contributed by atoms with Crippen molar-refractivity contribution in [1.29, 1.82) is 0 Å². The molecule has 0 spiro atoms. The number of hydrogen-bond donors (Lipinski definition) is 0. The van der Waals surface area contributed by atoms with Crippen LogP contribution in [0.25, 0.3) is 10.8 Å². The van der Waals surface area contributed by atoms with Crippen molar-refractivity contribution in [2.75, 3.05) is 6.54 Å². The van der Waals surface area contributed by atoms with Gasteiger partial charge in [0.25, 0.3) is 17.5 Å². The lowest BCUT2D eigenvalue weighted by molar-refractivity contribution is -0.384. The molecule has 0 fully saturated rings. The van der Waals surface area contributed by atoms with E-state index in [1.807, 2.05) is 24.3 Å². The van der Waals surface area contributed by atoms with Gasteiger partial charge in [0.05, 0.1) is 10.5 Å². The molecule has 2 aliphatic rings. The highest BCUT2D eigenvalue weighted by atomic mass is 16.6. The maximum absolute atomic E-state index is 12.8. The van der Waals surface area contributed by atoms with Gasteiger partial charge in [0.15, 0.2) is 0 Å². The number of rotatable bonds is 3. The Hall–Kier alpha value is -3.28. The summed E-state index contributed by atoms with van der Waals surface area (Å²) < 4.78 is 0. The fraction of sp³-hybridized carbons (Fsp3) is 0.111. The molecule has 0 radical (unpaired) electrons. The van der Waals surface area contributed by atoms with Gasteiger partial charge < -0.3 is 0 Å². The van der Waals surface area contributed by atoms with Crippen LogP contribution >= 0.6 is 0 Å². The number of hydrogen-bond acceptors (Lipinski definition) is 4. The molecule has 0 atom stereocenters. The minimum Gasteiger partial charge on any atom is -0.273 e. The molecular formula is C18H12N2O4. The summed E-state index contributed by atoms with van der Waals surface area (Å²) in [6, 6.07) is 7.65. The van der Waals surface area contributed by atoms with Crippen LogP contribution in [0.1, 0.15) is 20.7 Å². The van der Waals surface area contributed by atoms with Crippen LogP contribution in [-0.4, -0.2) is 28.2 Å². The summed E-state index contributed by atoms with van der Waals surface area (Å²) in [5, 5.41) is 12.2. The zero-order chi connectivity index (χ0) is 16.8. The Labute approximate surface area is 136 Å². The van der Waals surface area contributed by atoms with Gasteiger partial charge in [-0.15, -0.1) is 0 Å². The SMILES string of the molecule is O=C1c2cccc3cc([N+](=O)[O-])cc(c23)C(=O)N1CC1C=CC=C1. The van der Waals surface area contributed by atoms with E-state index in [4.69, 9.17) is 0 Å². The highest BCUT2D eigenvalue weighted by molar-refractivity contribution is 6.25. The Morgan fingerprint density at radius 3 is 2.46 bits per heavy atom. The van der Waals surface area contributed by atoms with Crippen LogP contribution in [0.2, 0.25) is 0 Å². The van der Waals surface area contributed by atoms with Crippen LogP contribution < -0.4 is 0 Å². The average Bonchev–Trinajstić information content (AvgIpc) is 3.09. The first kappa shape index (κ1) is 14.3. The highest BCUT2D eigenvalue weighted by Gasteiger charge is 2.35. The van der Waals surface area contributed by atoms with E-state index in [-0.39, 0.29) is 29.6 Å². The molecule has 4 rings (SSSR count). The van der Waals surface area contributed by atoms with Gasteiger partial charge in [-0.25, -0.2) is 0 Å². The van der Waals surface area contributed by atoms with Crippen molar-refractivity contribution in [3.05, 3.63) is 75.9 Å². The summed E-state index contributed by atoms with van der Waals surface area (Å²) >= 11 is 0. The normalized spacial score (nSPS) is 16.4. The Morgan fingerprint density at radius 2 is 1.75 bits per heavy atom. The molecule has 0 N–H and O–H groups in total. The molecule has 24 heavy (non-hydrogen) atoms. The second-order valence-electron chi connectivity index (χ2n) is 5.81. The summed E-state index contributed by atoms with van der Waals surface area (Å²) in [6.45, 7) is 0.225. The molecule has 1 heterocycles. The Bertz CT molecular complexity index is 962. The molecule has 2 aromatic rings. The second kappa shape index (κ2) is 5.13. The van der Waals surface area contributed by atoms with Crippen molar-refractivity contribution in [1.82, 2.24) is 4.90 Å². The molecule has 1 aliphatic heterocycles. The molecule has 2 aromatic carbocycles. The summed E-state index contributed by atoms with van der Waals surface area (Å²) in [7, 11) is 0. The predicted octanol–water partition coefficient (Wildman–Crippen LogP) is 3.09. The van der Waals surface area contributed by atoms with Crippen LogP contribution in [0, 0.1) is 16.0 Å². The van der Waals surface area contributed by atoms with Crippen LogP contribution in [0.3, 0.4) is 0 Å². The lowest BCUT2D eigenvalue weighted by Gasteiger charge is -2.28. The molecule has 6 nitrogen and oxygen atoms in total. The topological polar surface area (TPSA) is 80.5 Å². The number of imide groups is 1. The first-order valence-corrected chi connectivity index (χ1v) is 7.48. The van der Waals surface area contributed by atoms with E-state index in [0.717, 1.165) is 0 Å². The lowest BCUT2D eigenvalue weighted by Crippen LogP contribution is -2.42. The van der Waals surface area contributed by atoms with E-state index in [2.05, 4.69) is 0 Å². The van der Waals surface area contributed by atoms with Gasteiger partial charge >= 0.3 is 0 Å². The van der Waals surface area contributed by atoms with Gasteiger partial charge in [0, 0.05) is 35.5 Å². The van der Waals surface area contributed by atoms with Gasteiger partial charge in [-0.05, 0) is 11.5 Å². The second-order valence-corrected chi connectivity index (χ2v) is 5.81. The molecule has 0 saturated heterocycles. The maximum Gasteiger partial charge on any atom is 0.270 e. The van der Waals surface area contributed by atoms with E-state index in [1.54, 1.807) is 18.2 Å². The molecule has 2 amide bonds. The van der Waals surface area contributed by atoms with Crippen molar-refractivity contribution < 1.29 is 14.5 Å². The number of amides is 2. The third-order valence-corrected chi connectivity index (χ3v) is 4.34. The van der Waals surface area contributed by atoms with Gasteiger partial charge in [0.2, 0.25) is 0 Å². The van der Waals surface area contributed by atoms with Gasteiger partial charge in [-0.1, -0.05) is 36.4 Å². The average molecular weight is 320 g/mol. The van der Waals surface area contributed by atoms with Crippen molar-refractivity contribution >= 4 is 28.3 Å². The summed E-state index contributed by atoms with van der Waals surface area (Å²) in [4.78, 5) is 37.3. The number of nitrogens with zero attached hydrogens (tertiary/aromatic N) is 2. The quantitative estimate of drug-likeness (QED) is 0.494. The van der Waals surface area contributed by atoms with Crippen LogP contribution in [0.5, 0.6) is 0 Å². The number of nitro benzene ring substituents is 1. The smallest absolute Gasteiger partial charge is 0.270 e. The molecule has 118 valence electrons. The minimum atomic E-state index is -0.529. The minimum absolute atomic E-state index is 0.0302. The van der Waals surface area contributed by atoms with E-state index in [9.17, 15) is 19.7 Å². The van der Waals surface area contributed by atoms with Gasteiger partial charge in [-0.3, -0.25) is 24.6 Å². The largest absolute Gasteiger partial charge is 0.273 e. The van der Waals surface area contributed by atoms with E-state index in [0.29, 0.717) is 16.3 Å². The number of non-ortho nitro benzene ring substituents is 1. The number of allylic oxidation sites excluding steroid dienone is 2. The Morgan fingerprint density at radius 1 is 1.04 bits per heavy atom. The van der Waals surface area contributed by atoms with Crippen molar-refractivity contribution in [2.45, 2.75) is 0 Å². The predicted molar refractivity (Wildman–Crippen MR) is 87.7 cm³/mol. The Balaban J connectivity index is 1.89. The summed E-state index contributed by atoms with van der Waals surface area (Å²) in [5.74, 6) is -0.876.